The molecule has 2 aromatic carbocycles. The van der Waals surface area contributed by atoms with Crippen LogP contribution in [0.4, 0.5) is 4.79 Å². The smallest absolute Gasteiger partial charge is 0.317 e. The predicted molar refractivity (Wildman–Crippen MR) is 127 cm³/mol. The molecule has 10 heteroatoms. The predicted octanol–water partition coefficient (Wildman–Crippen LogP) is 2.14. The number of carbonyl (C=O) groups excluding carboxylic acids is 1. The van der Waals surface area contributed by atoms with E-state index in [-0.39, 0.29) is 6.03 Å². The van der Waals surface area contributed by atoms with Crippen LogP contribution < -0.4 is 14.8 Å². The molecule has 0 unspecified atom stereocenters. The molecule has 0 aliphatic carbocycles. The van der Waals surface area contributed by atoms with Crippen LogP contribution in [0.2, 0.25) is 0 Å². The Hall–Kier alpha value is -3.66. The summed E-state index contributed by atoms with van der Waals surface area (Å²) in [7, 11) is 1.65. The number of nitrogens with zero attached hydrogens (tertiary/aromatic N) is 6. The van der Waals surface area contributed by atoms with Crippen LogP contribution in [-0.4, -0.2) is 82.5 Å². The van der Waals surface area contributed by atoms with E-state index in [9.17, 15) is 4.79 Å². The summed E-state index contributed by atoms with van der Waals surface area (Å²) >= 11 is 0. The molecule has 10 nitrogen and oxygen atoms in total. The summed E-state index contributed by atoms with van der Waals surface area (Å²) in [5.41, 5.74) is 2.05. The molecule has 0 saturated carbocycles. The van der Waals surface area contributed by atoms with Gasteiger partial charge in [0.2, 0.25) is 0 Å². The van der Waals surface area contributed by atoms with Crippen LogP contribution in [0.1, 0.15) is 18.3 Å². The molecule has 1 fully saturated rings. The van der Waals surface area contributed by atoms with E-state index in [1.54, 1.807) is 11.8 Å². The number of aromatic nitrogens is 4. The third-order valence-corrected chi connectivity index (χ3v) is 5.80. The Bertz CT molecular complexity index is 1050. The highest BCUT2D eigenvalue weighted by atomic mass is 16.5. The monoisotopic (exact) mass is 465 g/mol. The number of methoxy groups -OCH3 is 1. The van der Waals surface area contributed by atoms with Crippen molar-refractivity contribution in [2.75, 3.05) is 46.4 Å². The fraction of sp³-hybridized carbons (Fsp3) is 0.417. The quantitative estimate of drug-likeness (QED) is 0.517. The molecule has 1 aliphatic heterocycles. The molecule has 2 amide bonds. The molecule has 1 saturated heterocycles. The molecule has 2 heterocycles. The van der Waals surface area contributed by atoms with Gasteiger partial charge in [-0.25, -0.2) is 4.79 Å². The summed E-state index contributed by atoms with van der Waals surface area (Å²) in [6.07, 6.45) is 0.782. The zero-order valence-electron chi connectivity index (χ0n) is 19.7. The third-order valence-electron chi connectivity index (χ3n) is 5.80. The Kier molecular flexibility index (Phi) is 7.92. The molecule has 3 aromatic rings. The second-order valence-electron chi connectivity index (χ2n) is 8.03. The molecule has 0 atom stereocenters. The van der Waals surface area contributed by atoms with Crippen molar-refractivity contribution in [3.05, 3.63) is 59.9 Å². The Balaban J connectivity index is 1.22. The number of hydrogen-bond donors (Lipinski definition) is 1. The normalized spacial score (nSPS) is 14.1. The Morgan fingerprint density at radius 1 is 1.00 bits per heavy atom. The molecule has 0 spiro atoms. The summed E-state index contributed by atoms with van der Waals surface area (Å²) in [4.78, 5) is 16.7. The zero-order valence-corrected chi connectivity index (χ0v) is 19.7. The second-order valence-corrected chi connectivity index (χ2v) is 8.03. The summed E-state index contributed by atoms with van der Waals surface area (Å²) in [5.74, 6) is 2.42. The number of amides is 2. The minimum Gasteiger partial charge on any atom is -0.497 e. The van der Waals surface area contributed by atoms with E-state index < -0.39 is 0 Å². The van der Waals surface area contributed by atoms with E-state index in [0.29, 0.717) is 32.8 Å². The van der Waals surface area contributed by atoms with Gasteiger partial charge in [0.1, 0.15) is 11.5 Å². The highest BCUT2D eigenvalue weighted by Gasteiger charge is 2.22. The van der Waals surface area contributed by atoms with Gasteiger partial charge in [-0.3, -0.25) is 4.90 Å². The minimum absolute atomic E-state index is 0.0209. The third kappa shape index (κ3) is 6.02. The number of ether oxygens (including phenoxy) is 2. The topological polar surface area (TPSA) is 97.6 Å². The zero-order chi connectivity index (χ0) is 23.8. The number of tetrazole rings is 1. The van der Waals surface area contributed by atoms with Gasteiger partial charge in [0, 0.05) is 32.7 Å². The van der Waals surface area contributed by atoms with E-state index in [1.165, 1.54) is 0 Å². The molecule has 180 valence electrons. The van der Waals surface area contributed by atoms with Crippen LogP contribution in [0.5, 0.6) is 11.5 Å². The molecule has 1 N–H and O–H groups in total. The number of urea groups is 1. The first-order valence-corrected chi connectivity index (χ1v) is 11.5. The van der Waals surface area contributed by atoms with Crippen molar-refractivity contribution in [3.63, 3.8) is 0 Å². The van der Waals surface area contributed by atoms with Crippen molar-refractivity contribution in [1.29, 1.82) is 0 Å². The Labute approximate surface area is 199 Å². The summed E-state index contributed by atoms with van der Waals surface area (Å²) < 4.78 is 12.4. The number of rotatable bonds is 9. The molecule has 34 heavy (non-hydrogen) atoms. The first-order valence-electron chi connectivity index (χ1n) is 11.5. The Morgan fingerprint density at radius 2 is 1.71 bits per heavy atom. The number of benzene rings is 2. The van der Waals surface area contributed by atoms with Crippen molar-refractivity contribution in [2.24, 2.45) is 0 Å². The lowest BCUT2D eigenvalue weighted by atomic mass is 10.1. The second kappa shape index (κ2) is 11.5. The number of nitrogens with one attached hydrogen (secondary N) is 1. The average Bonchev–Trinajstić information content (AvgIpc) is 3.33. The number of hydrogen-bond acceptors (Lipinski definition) is 7. The van der Waals surface area contributed by atoms with Gasteiger partial charge in [0.05, 0.1) is 25.9 Å². The molecule has 1 aliphatic rings. The van der Waals surface area contributed by atoms with Crippen molar-refractivity contribution in [1.82, 2.24) is 35.3 Å². The fourth-order valence-corrected chi connectivity index (χ4v) is 3.88. The summed E-state index contributed by atoms with van der Waals surface area (Å²) in [5, 5.41) is 15.2. The molecular weight excluding hydrogens is 434 g/mol. The van der Waals surface area contributed by atoms with E-state index in [1.807, 2.05) is 60.4 Å². The van der Waals surface area contributed by atoms with E-state index in [2.05, 4.69) is 25.7 Å². The van der Waals surface area contributed by atoms with E-state index >= 15 is 0 Å². The lowest BCUT2D eigenvalue weighted by Crippen LogP contribution is -2.51. The lowest BCUT2D eigenvalue weighted by Gasteiger charge is -2.34. The highest BCUT2D eigenvalue weighted by Crippen LogP contribution is 2.16. The SMILES string of the molecule is CCOc1ccc(-n2nnnc2CN2CCN(C(=O)NCCc3ccc(OC)cc3)CC2)cc1. The average molecular weight is 466 g/mol. The number of carbonyl (C=O) groups is 1. The molecule has 1 aromatic heterocycles. The van der Waals surface area contributed by atoms with Gasteiger partial charge in [0.15, 0.2) is 5.82 Å². The van der Waals surface area contributed by atoms with Gasteiger partial charge in [0.25, 0.3) is 0 Å². The van der Waals surface area contributed by atoms with E-state index in [0.717, 1.165) is 48.1 Å². The van der Waals surface area contributed by atoms with Gasteiger partial charge >= 0.3 is 6.03 Å². The van der Waals surface area contributed by atoms with Gasteiger partial charge in [-0.2, -0.15) is 4.68 Å². The van der Waals surface area contributed by atoms with Crippen molar-refractivity contribution < 1.29 is 14.3 Å². The maximum Gasteiger partial charge on any atom is 0.317 e. The highest BCUT2D eigenvalue weighted by molar-refractivity contribution is 5.74. The lowest BCUT2D eigenvalue weighted by molar-refractivity contribution is 0.133. The van der Waals surface area contributed by atoms with Gasteiger partial charge in [-0.1, -0.05) is 12.1 Å². The van der Waals surface area contributed by atoms with Crippen LogP contribution in [-0.2, 0) is 13.0 Å². The summed E-state index contributed by atoms with van der Waals surface area (Å²) in [6, 6.07) is 15.6. The molecule has 0 radical (unpaired) electrons. The van der Waals surface area contributed by atoms with Gasteiger partial charge in [-0.15, -0.1) is 5.10 Å². The van der Waals surface area contributed by atoms with Crippen LogP contribution in [0.25, 0.3) is 5.69 Å². The fourth-order valence-electron chi connectivity index (χ4n) is 3.88. The molecule has 0 bridgehead atoms. The standard InChI is InChI=1S/C24H31N7O3/c1-3-34-22-10-6-20(7-11-22)31-23(26-27-28-31)18-29-14-16-30(17-15-29)24(32)25-13-12-19-4-8-21(33-2)9-5-19/h4-11H,3,12-18H2,1-2H3,(H,25,32). The van der Waals surface area contributed by atoms with E-state index in [4.69, 9.17) is 9.47 Å². The maximum absolute atomic E-state index is 12.6. The Morgan fingerprint density at radius 3 is 2.38 bits per heavy atom. The van der Waals surface area contributed by atoms with Crippen molar-refractivity contribution in [3.8, 4) is 17.2 Å². The largest absolute Gasteiger partial charge is 0.497 e. The molecule has 4 rings (SSSR count). The maximum atomic E-state index is 12.6. The van der Waals surface area contributed by atoms with Gasteiger partial charge in [-0.05, 0) is 65.7 Å². The first-order chi connectivity index (χ1) is 16.7. The summed E-state index contributed by atoms with van der Waals surface area (Å²) in [6.45, 7) is 6.67. The first kappa shape index (κ1) is 23.5. The minimum atomic E-state index is -0.0209. The van der Waals surface area contributed by atoms with Crippen LogP contribution in [0.3, 0.4) is 0 Å². The van der Waals surface area contributed by atoms with Crippen LogP contribution in [0.15, 0.2) is 48.5 Å². The molecular formula is C24H31N7O3. The number of piperazine rings is 1. The van der Waals surface area contributed by atoms with Crippen molar-refractivity contribution >= 4 is 6.03 Å². The van der Waals surface area contributed by atoms with Gasteiger partial charge < -0.3 is 19.7 Å². The van der Waals surface area contributed by atoms with Crippen LogP contribution in [0, 0.1) is 0 Å². The van der Waals surface area contributed by atoms with Crippen LogP contribution >= 0.6 is 0 Å². The van der Waals surface area contributed by atoms with Crippen molar-refractivity contribution in [2.45, 2.75) is 19.9 Å².